The van der Waals surface area contributed by atoms with Crippen molar-refractivity contribution in [3.8, 4) is 0 Å². The molecular formula is C27H47NO6. The highest BCUT2D eigenvalue weighted by Crippen LogP contribution is 2.68. The van der Waals surface area contributed by atoms with E-state index in [2.05, 4.69) is 13.8 Å². The van der Waals surface area contributed by atoms with Gasteiger partial charge in [0.2, 0.25) is 0 Å². The topological polar surface area (TPSA) is 125 Å². The van der Waals surface area contributed by atoms with E-state index in [9.17, 15) is 20.4 Å². The molecule has 1 aliphatic heterocycles. The molecule has 0 amide bonds. The molecule has 1 heterocycles. The first-order chi connectivity index (χ1) is 15.9. The molecule has 34 heavy (non-hydrogen) atoms. The highest BCUT2D eigenvalue weighted by molar-refractivity contribution is 5.19. The second-order valence-corrected chi connectivity index (χ2v) is 13.1. The lowest BCUT2D eigenvalue weighted by atomic mass is 9.42. The van der Waals surface area contributed by atoms with Gasteiger partial charge in [-0.15, -0.1) is 0 Å². The predicted molar refractivity (Wildman–Crippen MR) is 128 cm³/mol. The molecule has 0 radical (unpaired) electrons. The van der Waals surface area contributed by atoms with E-state index in [1.807, 2.05) is 6.92 Å². The van der Waals surface area contributed by atoms with Gasteiger partial charge in [0.25, 0.3) is 0 Å². The van der Waals surface area contributed by atoms with Crippen molar-refractivity contribution in [1.82, 2.24) is 0 Å². The van der Waals surface area contributed by atoms with Gasteiger partial charge in [-0.25, -0.2) is 0 Å². The zero-order valence-electron chi connectivity index (χ0n) is 21.4. The molecule has 7 nitrogen and oxygen atoms in total. The van der Waals surface area contributed by atoms with Crippen molar-refractivity contribution in [3.63, 3.8) is 0 Å². The van der Waals surface area contributed by atoms with Crippen molar-refractivity contribution >= 4 is 0 Å². The Morgan fingerprint density at radius 1 is 0.912 bits per heavy atom. The van der Waals surface area contributed by atoms with Crippen LogP contribution in [0.4, 0.5) is 0 Å². The average molecular weight is 482 g/mol. The number of nitrogens with two attached hydrogens (primary N) is 1. The molecule has 4 aliphatic carbocycles. The largest absolute Gasteiger partial charge is 0.393 e. The fourth-order valence-electron chi connectivity index (χ4n) is 9.54. The molecule has 196 valence electrons. The molecule has 6 N–H and O–H groups in total. The summed E-state index contributed by atoms with van der Waals surface area (Å²) < 4.78 is 11.9. The first kappa shape index (κ1) is 25.4. The third-order valence-corrected chi connectivity index (χ3v) is 11.7. The second-order valence-electron chi connectivity index (χ2n) is 13.1. The zero-order chi connectivity index (χ0) is 24.6. The van der Waals surface area contributed by atoms with E-state index < -0.39 is 30.7 Å². The molecule has 5 fully saturated rings. The zero-order valence-corrected chi connectivity index (χ0v) is 21.4. The summed E-state index contributed by atoms with van der Waals surface area (Å²) in [5.74, 6) is 1.95. The maximum atomic E-state index is 10.5. The van der Waals surface area contributed by atoms with E-state index >= 15 is 0 Å². The van der Waals surface area contributed by atoms with Crippen molar-refractivity contribution in [3.05, 3.63) is 0 Å². The van der Waals surface area contributed by atoms with Gasteiger partial charge >= 0.3 is 0 Å². The molecule has 1 unspecified atom stereocenters. The lowest BCUT2D eigenvalue weighted by Gasteiger charge is -2.64. The minimum Gasteiger partial charge on any atom is -0.393 e. The van der Waals surface area contributed by atoms with E-state index in [4.69, 9.17) is 15.2 Å². The van der Waals surface area contributed by atoms with Gasteiger partial charge in [-0.1, -0.05) is 13.8 Å². The van der Waals surface area contributed by atoms with Crippen molar-refractivity contribution in [1.29, 1.82) is 0 Å². The monoisotopic (exact) mass is 481 g/mol. The van der Waals surface area contributed by atoms with Crippen molar-refractivity contribution in [2.45, 2.75) is 134 Å². The molecule has 5 aliphatic rings. The van der Waals surface area contributed by atoms with Crippen LogP contribution in [0.15, 0.2) is 0 Å². The summed E-state index contributed by atoms with van der Waals surface area (Å²) in [7, 11) is 0. The van der Waals surface area contributed by atoms with Gasteiger partial charge in [0.15, 0.2) is 6.29 Å². The van der Waals surface area contributed by atoms with Gasteiger partial charge in [-0.05, 0) is 106 Å². The Morgan fingerprint density at radius 2 is 1.65 bits per heavy atom. The summed E-state index contributed by atoms with van der Waals surface area (Å²) in [6.45, 7) is 8.47. The first-order valence-electron chi connectivity index (χ1n) is 13.7. The van der Waals surface area contributed by atoms with Gasteiger partial charge in [0, 0.05) is 5.54 Å². The van der Waals surface area contributed by atoms with Crippen molar-refractivity contribution < 1.29 is 29.9 Å². The van der Waals surface area contributed by atoms with Crippen LogP contribution >= 0.6 is 0 Å². The summed E-state index contributed by atoms with van der Waals surface area (Å²) >= 11 is 0. The SMILES string of the molecule is C[C@H](O)[C@H]1CC[C@]2(N)[C@@H]3CC[C@@H]4C[C@@H](OC5O[C@H](C)[C@@H](O)[C@H](O)[C@@H]5O)CC[C@]4(C)[C@H]3CC[C@]12C. The smallest absolute Gasteiger partial charge is 0.186 e. The third-order valence-electron chi connectivity index (χ3n) is 11.7. The number of ether oxygens (including phenoxy) is 2. The quantitative estimate of drug-likeness (QED) is 0.392. The molecule has 1 saturated heterocycles. The van der Waals surface area contributed by atoms with Crippen LogP contribution in [0.3, 0.4) is 0 Å². The number of aliphatic hydroxyl groups is 4. The molecule has 0 aromatic heterocycles. The van der Waals surface area contributed by atoms with E-state index in [1.165, 1.54) is 6.42 Å². The van der Waals surface area contributed by atoms with Crippen LogP contribution in [0, 0.1) is 34.5 Å². The van der Waals surface area contributed by atoms with Gasteiger partial charge in [-0.2, -0.15) is 0 Å². The van der Waals surface area contributed by atoms with Gasteiger partial charge < -0.3 is 35.6 Å². The number of hydrogen-bond acceptors (Lipinski definition) is 7. The number of hydrogen-bond donors (Lipinski definition) is 5. The number of rotatable bonds is 3. The van der Waals surface area contributed by atoms with Crippen LogP contribution in [0.5, 0.6) is 0 Å². The van der Waals surface area contributed by atoms with E-state index in [0.29, 0.717) is 23.7 Å². The normalized spacial score (nSPS) is 58.5. The molecular weight excluding hydrogens is 434 g/mol. The minimum absolute atomic E-state index is 0.0163. The minimum atomic E-state index is -1.26. The molecule has 0 bridgehead atoms. The van der Waals surface area contributed by atoms with Gasteiger partial charge in [0.1, 0.15) is 18.3 Å². The number of fused-ring (bicyclic) bond motifs is 5. The maximum Gasteiger partial charge on any atom is 0.186 e. The van der Waals surface area contributed by atoms with Crippen molar-refractivity contribution in [2.75, 3.05) is 0 Å². The van der Waals surface area contributed by atoms with Crippen LogP contribution in [-0.4, -0.2) is 68.9 Å². The summed E-state index contributed by atoms with van der Waals surface area (Å²) in [4.78, 5) is 0. The van der Waals surface area contributed by atoms with Crippen LogP contribution in [0.1, 0.15) is 85.5 Å². The molecule has 0 aromatic carbocycles. The van der Waals surface area contributed by atoms with Crippen LogP contribution in [0.2, 0.25) is 0 Å². The van der Waals surface area contributed by atoms with Gasteiger partial charge in [-0.3, -0.25) is 0 Å². The third kappa shape index (κ3) is 3.56. The molecule has 7 heteroatoms. The Bertz CT molecular complexity index is 765. The molecule has 4 saturated carbocycles. The van der Waals surface area contributed by atoms with E-state index in [0.717, 1.165) is 51.4 Å². The summed E-state index contributed by atoms with van der Waals surface area (Å²) in [6, 6.07) is 0. The highest BCUT2D eigenvalue weighted by Gasteiger charge is 2.66. The lowest BCUT2D eigenvalue weighted by Crippen LogP contribution is -2.67. The molecule has 0 aromatic rings. The van der Waals surface area contributed by atoms with Crippen LogP contribution in [0.25, 0.3) is 0 Å². The standard InChI is InChI=1S/C27H47NO6/c1-14(29)18-9-12-27(28)20-6-5-16-13-17(34-24-23(32)22(31)21(30)15(2)33-24)7-10-25(16,3)19(20)8-11-26(18,27)4/h14-24,29-32H,5-13,28H2,1-4H3/t14-,15+,16+,17-,18+,19-,20+,21+,22-,23-,24?,25-,26+,27-/m0/s1. The summed E-state index contributed by atoms with van der Waals surface area (Å²) in [5, 5.41) is 41.0. The Kier molecular flexibility index (Phi) is 6.45. The molecule has 0 spiro atoms. The first-order valence-corrected chi connectivity index (χ1v) is 13.7. The van der Waals surface area contributed by atoms with Crippen LogP contribution in [-0.2, 0) is 9.47 Å². The second kappa shape index (κ2) is 8.64. The van der Waals surface area contributed by atoms with Gasteiger partial charge in [0.05, 0.1) is 18.3 Å². The fraction of sp³-hybridized carbons (Fsp3) is 1.00. The maximum absolute atomic E-state index is 10.5. The lowest BCUT2D eigenvalue weighted by molar-refractivity contribution is -0.309. The highest BCUT2D eigenvalue weighted by atomic mass is 16.7. The summed E-state index contributed by atoms with van der Waals surface area (Å²) in [6.07, 6.45) is 4.12. The molecule has 5 rings (SSSR count). The van der Waals surface area contributed by atoms with E-state index in [-0.39, 0.29) is 28.6 Å². The number of aliphatic hydroxyl groups excluding tert-OH is 4. The summed E-state index contributed by atoms with van der Waals surface area (Å²) in [5.41, 5.74) is 7.40. The Morgan fingerprint density at radius 3 is 2.35 bits per heavy atom. The van der Waals surface area contributed by atoms with Crippen LogP contribution < -0.4 is 5.73 Å². The molecule has 14 atom stereocenters. The van der Waals surface area contributed by atoms with E-state index in [1.54, 1.807) is 6.92 Å². The van der Waals surface area contributed by atoms with Crippen molar-refractivity contribution in [2.24, 2.45) is 40.2 Å². The Balaban J connectivity index is 1.29. The fourth-order valence-corrected chi connectivity index (χ4v) is 9.54. The Labute approximate surface area is 204 Å². The predicted octanol–water partition coefficient (Wildman–Crippen LogP) is 2.32. The average Bonchev–Trinajstić information content (AvgIpc) is 3.07. The Hall–Kier alpha value is -0.280.